The van der Waals surface area contributed by atoms with Crippen LogP contribution in [0.4, 0.5) is 4.53 Å². The van der Waals surface area contributed by atoms with Gasteiger partial charge in [0.2, 0.25) is 6.29 Å². The van der Waals surface area contributed by atoms with Crippen molar-refractivity contribution in [1.29, 1.82) is 0 Å². The third-order valence-corrected chi connectivity index (χ3v) is 6.91. The second-order valence-electron chi connectivity index (χ2n) is 10.2. The Morgan fingerprint density at radius 1 is 0.953 bits per heavy atom. The fourth-order valence-corrected chi connectivity index (χ4v) is 4.77. The molecule has 11 atom stereocenters. The van der Waals surface area contributed by atoms with Crippen LogP contribution in [-0.4, -0.2) is 161 Å². The predicted octanol–water partition coefficient (Wildman–Crippen LogP) is -4.07. The van der Waals surface area contributed by atoms with E-state index in [0.717, 1.165) is 13.5 Å². The van der Waals surface area contributed by atoms with Crippen molar-refractivity contribution in [1.82, 2.24) is 10.6 Å². The highest BCUT2D eigenvalue weighted by Crippen LogP contribution is 2.28. The molecule has 2 saturated heterocycles. The largest absolute Gasteiger partial charge is 0.400 e. The Hall–Kier alpha value is -0.710. The molecule has 260 valence electrons. The summed E-state index contributed by atoms with van der Waals surface area (Å²) in [6.07, 6.45) is -6.29. The van der Waals surface area contributed by atoms with Gasteiger partial charge in [-0.2, -0.15) is 4.94 Å². The summed E-state index contributed by atoms with van der Waals surface area (Å²) in [6.45, 7) is 5.15. The minimum Gasteiger partial charge on any atom is -0.400 e. The molecule has 8 unspecified atom stereocenters. The molecule has 2 heterocycles. The molecule has 0 aromatic carbocycles. The Morgan fingerprint density at radius 2 is 1.60 bits per heavy atom. The third-order valence-electron chi connectivity index (χ3n) is 6.91. The van der Waals surface area contributed by atoms with Crippen LogP contribution in [0.15, 0.2) is 0 Å². The molecule has 0 spiro atoms. The van der Waals surface area contributed by atoms with Gasteiger partial charge in [0.15, 0.2) is 6.29 Å². The Balaban J connectivity index is 0.00000105. The van der Waals surface area contributed by atoms with E-state index in [-0.39, 0.29) is 38.7 Å². The average Bonchev–Trinajstić information content (AvgIpc) is 3.00. The molecule has 1 aliphatic carbocycles. The molecule has 43 heavy (non-hydrogen) atoms. The fraction of sp³-hybridized carbons (Fsp3) is 1.00. The van der Waals surface area contributed by atoms with Gasteiger partial charge >= 0.3 is 0 Å². The molecule has 2 aliphatic heterocycles. The van der Waals surface area contributed by atoms with E-state index in [9.17, 15) is 30.1 Å². The smallest absolute Gasteiger partial charge is 0.223 e. The van der Waals surface area contributed by atoms with E-state index >= 15 is 0 Å². The lowest BCUT2D eigenvalue weighted by Gasteiger charge is -2.43. The van der Waals surface area contributed by atoms with Crippen LogP contribution >= 0.6 is 0 Å². The van der Waals surface area contributed by atoms with Crippen molar-refractivity contribution in [2.24, 2.45) is 11.5 Å². The van der Waals surface area contributed by atoms with Crippen molar-refractivity contribution in [3.63, 3.8) is 0 Å². The Labute approximate surface area is 253 Å². The summed E-state index contributed by atoms with van der Waals surface area (Å²) in [4.78, 5) is 3.27. The van der Waals surface area contributed by atoms with Crippen molar-refractivity contribution in [3.05, 3.63) is 0 Å². The zero-order valence-corrected chi connectivity index (χ0v) is 25.4. The minimum absolute atomic E-state index is 0.00560. The summed E-state index contributed by atoms with van der Waals surface area (Å²) in [6, 6.07) is -1.13. The van der Waals surface area contributed by atoms with Crippen LogP contribution in [0.3, 0.4) is 0 Å². The molecular formula is C26H57FN4O12. The first-order valence-electron chi connectivity index (χ1n) is 14.8. The van der Waals surface area contributed by atoms with E-state index in [0.29, 0.717) is 32.5 Å². The molecule has 0 aromatic rings. The normalized spacial score (nSPS) is 35.9. The van der Waals surface area contributed by atoms with Gasteiger partial charge in [-0.15, -0.1) is 0 Å². The minimum atomic E-state index is -1.23. The summed E-state index contributed by atoms with van der Waals surface area (Å²) in [5.41, 5.74) is 11.7. The van der Waals surface area contributed by atoms with Gasteiger partial charge in [-0.25, -0.2) is 0 Å². The molecule has 14 N–H and O–H groups in total. The molecule has 17 heteroatoms. The van der Waals surface area contributed by atoms with Crippen molar-refractivity contribution in [2.45, 2.75) is 119 Å². The maximum atomic E-state index is 11.4. The number of rotatable bonds is 12. The summed E-state index contributed by atoms with van der Waals surface area (Å²) < 4.78 is 27.6. The molecule has 0 bridgehead atoms. The zero-order valence-electron chi connectivity index (χ0n) is 25.4. The molecular weight excluding hydrogens is 579 g/mol. The Kier molecular flexibility index (Phi) is 24.1. The van der Waals surface area contributed by atoms with E-state index in [1.54, 1.807) is 0 Å². The van der Waals surface area contributed by atoms with E-state index in [1.807, 2.05) is 13.8 Å². The van der Waals surface area contributed by atoms with Crippen molar-refractivity contribution in [3.8, 4) is 0 Å². The van der Waals surface area contributed by atoms with Gasteiger partial charge in [-0.1, -0.05) is 13.8 Å². The number of nitrogens with two attached hydrogens (primary N) is 2. The quantitative estimate of drug-likeness (QED) is 0.0908. The number of halogens is 1. The van der Waals surface area contributed by atoms with Gasteiger partial charge < -0.3 is 77.2 Å². The maximum absolute atomic E-state index is 11.4. The first kappa shape index (κ1) is 42.3. The van der Waals surface area contributed by atoms with Crippen LogP contribution in [0.2, 0.25) is 0 Å². The fourth-order valence-electron chi connectivity index (χ4n) is 4.77. The van der Waals surface area contributed by atoms with E-state index in [2.05, 4.69) is 20.3 Å². The van der Waals surface area contributed by atoms with Gasteiger partial charge in [0.25, 0.3) is 0 Å². The Morgan fingerprint density at radius 3 is 2.14 bits per heavy atom. The SMILES string of the molecule is CC.CO.NCCCNCC1O[C@H](O[C@@H]2C(N)CC(NC(CO)CO)CC2O)CC(O)[C@@H]1O.OC1COC(OF)C(O)C1. The molecule has 3 fully saturated rings. The lowest BCUT2D eigenvalue weighted by molar-refractivity contribution is -0.324. The van der Waals surface area contributed by atoms with Crippen LogP contribution in [0, 0.1) is 0 Å². The van der Waals surface area contributed by atoms with Crippen LogP contribution in [-0.2, 0) is 19.2 Å². The first-order valence-corrected chi connectivity index (χ1v) is 14.8. The van der Waals surface area contributed by atoms with Crippen molar-refractivity contribution in [2.75, 3.05) is 46.6 Å². The summed E-state index contributed by atoms with van der Waals surface area (Å²) in [5, 5.41) is 80.2. The van der Waals surface area contributed by atoms with Crippen molar-refractivity contribution < 1.29 is 64.5 Å². The van der Waals surface area contributed by atoms with Crippen LogP contribution in [0.1, 0.15) is 46.0 Å². The summed E-state index contributed by atoms with van der Waals surface area (Å²) in [5.74, 6) is 0. The second kappa shape index (κ2) is 24.5. The van der Waals surface area contributed by atoms with Gasteiger partial charge in [0, 0.05) is 38.6 Å². The number of ether oxygens (including phenoxy) is 3. The number of hydrogen-bond donors (Lipinski definition) is 12. The maximum Gasteiger partial charge on any atom is 0.223 e. The lowest BCUT2D eigenvalue weighted by atomic mass is 9.86. The van der Waals surface area contributed by atoms with Gasteiger partial charge in [-0.3, -0.25) is 0 Å². The van der Waals surface area contributed by atoms with Gasteiger partial charge in [-0.05, 0) is 36.9 Å². The number of hydrogen-bond acceptors (Lipinski definition) is 16. The van der Waals surface area contributed by atoms with Crippen molar-refractivity contribution >= 4 is 0 Å². The van der Waals surface area contributed by atoms with Crippen LogP contribution in [0.5, 0.6) is 0 Å². The highest BCUT2D eigenvalue weighted by molar-refractivity contribution is 4.95. The lowest BCUT2D eigenvalue weighted by Crippen LogP contribution is -2.59. The Bertz CT molecular complexity index is 651. The molecule has 0 radical (unpaired) electrons. The zero-order chi connectivity index (χ0) is 32.9. The molecule has 3 rings (SSSR count). The second-order valence-corrected chi connectivity index (χ2v) is 10.2. The molecule has 0 amide bonds. The summed E-state index contributed by atoms with van der Waals surface area (Å²) >= 11 is 0. The number of nitrogens with one attached hydrogen (secondary N) is 2. The highest BCUT2D eigenvalue weighted by atomic mass is 19.3. The predicted molar refractivity (Wildman–Crippen MR) is 153 cm³/mol. The van der Waals surface area contributed by atoms with Crippen LogP contribution in [0.25, 0.3) is 0 Å². The number of aliphatic hydroxyl groups excluding tert-OH is 8. The standard InChI is InChI=1S/C18H38N4O7.C5H9FO4.C2H6.CH4O/c19-2-1-3-21-7-15-17(27)13(25)6-16(28-15)29-18-12(20)4-10(5-14(18)26)22-11(8-23)9-24;6-10-5-4(8)1-3(7)2-9-5;2*1-2/h10-18,21-27H,1-9,19-20H2;3-5,7-8H,1-2H2;1-2H3;2H,1H3/t10?,12?,13?,14?,15?,16-,17+,18-;;;/m1.../s1. The van der Waals surface area contributed by atoms with E-state index < -0.39 is 67.4 Å². The molecule has 16 nitrogen and oxygen atoms in total. The topological polar surface area (TPSA) is 275 Å². The molecule has 1 saturated carbocycles. The molecule has 3 aliphatic rings. The molecule has 0 aromatic heterocycles. The summed E-state index contributed by atoms with van der Waals surface area (Å²) in [7, 11) is 1.00. The van der Waals surface area contributed by atoms with E-state index in [4.69, 9.17) is 36.3 Å². The highest BCUT2D eigenvalue weighted by Gasteiger charge is 2.42. The third kappa shape index (κ3) is 15.4. The van der Waals surface area contributed by atoms with Gasteiger partial charge in [0.1, 0.15) is 24.4 Å². The van der Waals surface area contributed by atoms with Gasteiger partial charge in [0.05, 0.1) is 44.2 Å². The number of aliphatic hydroxyl groups is 8. The first-order chi connectivity index (χ1) is 20.6. The van der Waals surface area contributed by atoms with Crippen LogP contribution < -0.4 is 22.1 Å². The monoisotopic (exact) mass is 636 g/mol. The van der Waals surface area contributed by atoms with E-state index in [1.165, 1.54) is 0 Å². The average molecular weight is 637 g/mol.